The molecule has 2 atom stereocenters. The number of benzene rings is 2. The number of carbonyl (C=O) groups is 2. The number of hydrogen-bond acceptors (Lipinski definition) is 5. The Hall–Kier alpha value is -2.97. The fourth-order valence-electron chi connectivity index (χ4n) is 5.71. The summed E-state index contributed by atoms with van der Waals surface area (Å²) in [6.07, 6.45) is -0.241. The quantitative estimate of drug-likeness (QED) is 0.502. The summed E-state index contributed by atoms with van der Waals surface area (Å²) in [5.41, 5.74) is 2.32. The minimum atomic E-state index is -1.85. The van der Waals surface area contributed by atoms with E-state index >= 15 is 0 Å². The van der Waals surface area contributed by atoms with Crippen LogP contribution in [0.15, 0.2) is 42.5 Å². The third kappa shape index (κ3) is 5.65. The van der Waals surface area contributed by atoms with Gasteiger partial charge in [0.15, 0.2) is 12.2 Å². The van der Waals surface area contributed by atoms with Gasteiger partial charge < -0.3 is 25.2 Å². The topological polar surface area (TPSA) is 99.1 Å². The lowest BCUT2D eigenvalue weighted by atomic mass is 9.78. The number of nitrogens with one attached hydrogen (secondary N) is 1. The number of aliphatic hydroxyl groups is 2. The number of carbonyl (C=O) groups excluding carboxylic acids is 2. The maximum Gasteiger partial charge on any atom is 0.255 e. The summed E-state index contributed by atoms with van der Waals surface area (Å²) in [4.78, 5) is 27.2. The van der Waals surface area contributed by atoms with Gasteiger partial charge in [-0.25, -0.2) is 4.39 Å². The van der Waals surface area contributed by atoms with E-state index in [1.54, 1.807) is 6.07 Å². The molecule has 1 aliphatic heterocycles. The van der Waals surface area contributed by atoms with Crippen LogP contribution in [0.3, 0.4) is 0 Å². The molecule has 1 heterocycles. The molecule has 200 valence electrons. The van der Waals surface area contributed by atoms with E-state index in [0.29, 0.717) is 25.4 Å². The Labute approximate surface area is 217 Å². The molecular formula is C29H37FN2O5. The molecule has 1 fully saturated rings. The van der Waals surface area contributed by atoms with Gasteiger partial charge in [0.05, 0.1) is 12.1 Å². The molecule has 2 amide bonds. The second kappa shape index (κ2) is 11.2. The first-order valence-electron chi connectivity index (χ1n) is 13.1. The van der Waals surface area contributed by atoms with Crippen LogP contribution >= 0.6 is 0 Å². The molecule has 1 aliphatic carbocycles. The van der Waals surface area contributed by atoms with E-state index in [2.05, 4.69) is 5.32 Å². The van der Waals surface area contributed by atoms with Gasteiger partial charge >= 0.3 is 0 Å². The second-order valence-electron chi connectivity index (χ2n) is 10.6. The number of halogens is 1. The molecule has 4 rings (SSSR count). The Balaban J connectivity index is 1.28. The van der Waals surface area contributed by atoms with Gasteiger partial charge in [-0.15, -0.1) is 0 Å². The first-order chi connectivity index (χ1) is 17.6. The van der Waals surface area contributed by atoms with Crippen molar-refractivity contribution in [1.82, 2.24) is 10.2 Å². The minimum absolute atomic E-state index is 0.211. The molecule has 0 aromatic heterocycles. The van der Waals surface area contributed by atoms with Crippen molar-refractivity contribution in [3.63, 3.8) is 0 Å². The highest BCUT2D eigenvalue weighted by molar-refractivity contribution is 5.91. The molecule has 1 saturated carbocycles. The van der Waals surface area contributed by atoms with Crippen LogP contribution in [-0.4, -0.2) is 52.3 Å². The molecule has 7 nitrogen and oxygen atoms in total. The Morgan fingerprint density at radius 1 is 1.11 bits per heavy atom. The first-order valence-corrected chi connectivity index (χ1v) is 13.1. The zero-order valence-corrected chi connectivity index (χ0v) is 21.7. The Morgan fingerprint density at radius 2 is 1.81 bits per heavy atom. The van der Waals surface area contributed by atoms with Crippen molar-refractivity contribution in [3.05, 3.63) is 65.0 Å². The summed E-state index contributed by atoms with van der Waals surface area (Å²) < 4.78 is 19.3. The molecule has 0 unspecified atom stereocenters. The van der Waals surface area contributed by atoms with E-state index in [0.717, 1.165) is 42.4 Å². The summed E-state index contributed by atoms with van der Waals surface area (Å²) >= 11 is 0. The predicted octanol–water partition coefficient (Wildman–Crippen LogP) is 3.61. The third-order valence-corrected chi connectivity index (χ3v) is 7.89. The van der Waals surface area contributed by atoms with Crippen molar-refractivity contribution in [3.8, 4) is 5.75 Å². The number of rotatable bonds is 8. The van der Waals surface area contributed by atoms with Crippen molar-refractivity contribution in [1.29, 1.82) is 0 Å². The summed E-state index contributed by atoms with van der Waals surface area (Å²) in [5.74, 6) is -0.690. The van der Waals surface area contributed by atoms with E-state index in [1.807, 2.05) is 45.0 Å². The summed E-state index contributed by atoms with van der Waals surface area (Å²) in [6, 6.07) is 12.4. The summed E-state index contributed by atoms with van der Waals surface area (Å²) in [6.45, 7) is 6.78. The lowest BCUT2D eigenvalue weighted by molar-refractivity contribution is -0.157. The van der Waals surface area contributed by atoms with Crippen molar-refractivity contribution >= 4 is 11.8 Å². The van der Waals surface area contributed by atoms with Gasteiger partial charge in [-0.3, -0.25) is 9.59 Å². The Morgan fingerprint density at radius 3 is 2.49 bits per heavy atom. The standard InChI is InChI=1S/C29H37FN2O5/c1-4-37-24-15-21(30)13-14-22(24)19-11-9-18(10-12-19)16-31-27(35)25(33)26(34)28(36)32-17-20-7-5-6-8-23(20)29(32,2)3/h5-8,13-15,18-19,25-26,33-34H,4,9-12,16-17H2,1-3H3,(H,31,35)/t18?,19?,25-,26-/m1/s1. The average molecular weight is 513 g/mol. The molecule has 37 heavy (non-hydrogen) atoms. The van der Waals surface area contributed by atoms with E-state index < -0.39 is 29.6 Å². The molecule has 0 bridgehead atoms. The molecule has 2 aromatic rings. The molecule has 0 radical (unpaired) electrons. The lowest BCUT2D eigenvalue weighted by Crippen LogP contribution is -2.53. The number of fused-ring (bicyclic) bond motifs is 1. The fourth-order valence-corrected chi connectivity index (χ4v) is 5.71. The van der Waals surface area contributed by atoms with Crippen LogP contribution in [0.1, 0.15) is 69.1 Å². The van der Waals surface area contributed by atoms with Gasteiger partial charge in [-0.05, 0) is 81.0 Å². The Kier molecular flexibility index (Phi) is 8.19. The summed E-state index contributed by atoms with van der Waals surface area (Å²) in [7, 11) is 0. The highest BCUT2D eigenvalue weighted by atomic mass is 19.1. The molecule has 8 heteroatoms. The van der Waals surface area contributed by atoms with Gasteiger partial charge in [-0.1, -0.05) is 30.3 Å². The predicted molar refractivity (Wildman–Crippen MR) is 137 cm³/mol. The number of nitrogens with zero attached hydrogens (tertiary/aromatic N) is 1. The molecule has 0 saturated heterocycles. The monoisotopic (exact) mass is 512 g/mol. The zero-order chi connectivity index (χ0) is 26.7. The number of aliphatic hydroxyl groups excluding tert-OH is 2. The lowest BCUT2D eigenvalue weighted by Gasteiger charge is -2.34. The molecule has 0 spiro atoms. The number of ether oxygens (including phenoxy) is 1. The molecule has 3 N–H and O–H groups in total. The molecular weight excluding hydrogens is 475 g/mol. The highest BCUT2D eigenvalue weighted by Crippen LogP contribution is 2.40. The van der Waals surface area contributed by atoms with Gasteiger partial charge in [0.1, 0.15) is 11.6 Å². The average Bonchev–Trinajstić information content (AvgIpc) is 3.17. The largest absolute Gasteiger partial charge is 0.493 e. The van der Waals surface area contributed by atoms with Crippen molar-refractivity contribution in [2.45, 2.75) is 76.7 Å². The van der Waals surface area contributed by atoms with Crippen LogP contribution in [0.2, 0.25) is 0 Å². The van der Waals surface area contributed by atoms with Gasteiger partial charge in [0, 0.05) is 19.2 Å². The molecule has 2 aliphatic rings. The second-order valence-corrected chi connectivity index (χ2v) is 10.6. The first kappa shape index (κ1) is 27.1. The fraction of sp³-hybridized carbons (Fsp3) is 0.517. The van der Waals surface area contributed by atoms with Crippen molar-refractivity contribution in [2.24, 2.45) is 5.92 Å². The molecule has 2 aromatic carbocycles. The Bertz CT molecular complexity index is 1130. The van der Waals surface area contributed by atoms with Crippen molar-refractivity contribution < 1.29 is 28.9 Å². The van der Waals surface area contributed by atoms with E-state index in [1.165, 1.54) is 17.0 Å². The van der Waals surface area contributed by atoms with Gasteiger partial charge in [-0.2, -0.15) is 0 Å². The van der Waals surface area contributed by atoms with Crippen molar-refractivity contribution in [2.75, 3.05) is 13.2 Å². The smallest absolute Gasteiger partial charge is 0.255 e. The van der Waals surface area contributed by atoms with Crippen LogP contribution in [0.25, 0.3) is 0 Å². The minimum Gasteiger partial charge on any atom is -0.493 e. The number of hydrogen-bond donors (Lipinski definition) is 3. The highest BCUT2D eigenvalue weighted by Gasteiger charge is 2.44. The van der Waals surface area contributed by atoms with Crippen LogP contribution in [-0.2, 0) is 21.7 Å². The number of amides is 2. The maximum atomic E-state index is 13.7. The normalized spacial score (nSPS) is 22.2. The SMILES string of the molecule is CCOc1cc(F)ccc1C1CCC(CNC(=O)[C@H](O)[C@@H](O)C(=O)N2Cc3ccccc3C2(C)C)CC1. The zero-order valence-electron chi connectivity index (χ0n) is 21.7. The van der Waals surface area contributed by atoms with E-state index in [9.17, 15) is 24.2 Å². The van der Waals surface area contributed by atoms with Crippen LogP contribution in [0.5, 0.6) is 5.75 Å². The van der Waals surface area contributed by atoms with Gasteiger partial charge in [0.2, 0.25) is 0 Å². The summed E-state index contributed by atoms with van der Waals surface area (Å²) in [5, 5.41) is 23.8. The van der Waals surface area contributed by atoms with Crippen LogP contribution < -0.4 is 10.1 Å². The maximum absolute atomic E-state index is 13.7. The van der Waals surface area contributed by atoms with Crippen LogP contribution in [0.4, 0.5) is 4.39 Å². The van der Waals surface area contributed by atoms with E-state index in [-0.39, 0.29) is 17.7 Å². The van der Waals surface area contributed by atoms with Gasteiger partial charge in [0.25, 0.3) is 11.8 Å². The van der Waals surface area contributed by atoms with E-state index in [4.69, 9.17) is 4.74 Å². The van der Waals surface area contributed by atoms with Crippen LogP contribution in [0, 0.1) is 11.7 Å². The third-order valence-electron chi connectivity index (χ3n) is 7.89.